The van der Waals surface area contributed by atoms with Crippen molar-refractivity contribution in [1.29, 1.82) is 0 Å². The van der Waals surface area contributed by atoms with Gasteiger partial charge in [0.2, 0.25) is 0 Å². The summed E-state index contributed by atoms with van der Waals surface area (Å²) in [7, 11) is 0. The van der Waals surface area contributed by atoms with Gasteiger partial charge in [-0.2, -0.15) is 0 Å². The maximum atomic E-state index is 10.3. The molecule has 2 aromatic carbocycles. The molecule has 1 heterocycles. The lowest BCUT2D eigenvalue weighted by Gasteiger charge is -2.15. The Morgan fingerprint density at radius 2 is 1.81 bits per heavy atom. The molecule has 27 heavy (non-hydrogen) atoms. The van der Waals surface area contributed by atoms with Gasteiger partial charge in [0.1, 0.15) is 11.6 Å². The smallest absolute Gasteiger partial charge is 0.165 e. The first-order chi connectivity index (χ1) is 13.0. The summed E-state index contributed by atoms with van der Waals surface area (Å²) < 4.78 is 0. The fourth-order valence-corrected chi connectivity index (χ4v) is 3.04. The number of benzene rings is 2. The lowest BCUT2D eigenvalue weighted by Crippen LogP contribution is -2.30. The average Bonchev–Trinajstić information content (AvgIpc) is 2.67. The van der Waals surface area contributed by atoms with Crippen molar-refractivity contribution in [2.24, 2.45) is 11.7 Å². The standard InChI is InChI=1S/C22H26N4O/c1-15(2)12-18(23)14-25-21-10-11-24-22(26-21)19-13-17(8-9-20(19)27)16-6-4-3-5-7-16/h3-11,13,15,18,27H,12,14,23H2,1-2H3,(H,24,25,26). The number of anilines is 1. The molecule has 0 amide bonds. The van der Waals surface area contributed by atoms with Crippen LogP contribution in [0, 0.1) is 5.92 Å². The van der Waals surface area contributed by atoms with Crippen molar-refractivity contribution in [2.75, 3.05) is 11.9 Å². The van der Waals surface area contributed by atoms with E-state index in [4.69, 9.17) is 5.73 Å². The minimum Gasteiger partial charge on any atom is -0.507 e. The monoisotopic (exact) mass is 362 g/mol. The van der Waals surface area contributed by atoms with Gasteiger partial charge in [0.15, 0.2) is 5.82 Å². The third-order valence-corrected chi connectivity index (χ3v) is 4.32. The van der Waals surface area contributed by atoms with Crippen molar-refractivity contribution >= 4 is 5.82 Å². The number of nitrogens with two attached hydrogens (primary N) is 1. The summed E-state index contributed by atoms with van der Waals surface area (Å²) in [4.78, 5) is 8.89. The average molecular weight is 362 g/mol. The van der Waals surface area contributed by atoms with E-state index in [1.807, 2.05) is 48.5 Å². The van der Waals surface area contributed by atoms with Gasteiger partial charge in [0.25, 0.3) is 0 Å². The van der Waals surface area contributed by atoms with Gasteiger partial charge in [-0.3, -0.25) is 0 Å². The highest BCUT2D eigenvalue weighted by molar-refractivity contribution is 5.74. The Morgan fingerprint density at radius 3 is 2.56 bits per heavy atom. The number of aromatic nitrogens is 2. The van der Waals surface area contributed by atoms with Gasteiger partial charge in [0.05, 0.1) is 5.56 Å². The van der Waals surface area contributed by atoms with Crippen molar-refractivity contribution < 1.29 is 5.11 Å². The normalized spacial score (nSPS) is 12.1. The minimum atomic E-state index is 0.0678. The zero-order valence-corrected chi connectivity index (χ0v) is 15.8. The summed E-state index contributed by atoms with van der Waals surface area (Å²) in [6, 6.07) is 17.4. The van der Waals surface area contributed by atoms with E-state index in [0.717, 1.165) is 17.5 Å². The molecule has 5 heteroatoms. The summed E-state index contributed by atoms with van der Waals surface area (Å²) in [5.41, 5.74) is 8.82. The maximum absolute atomic E-state index is 10.3. The third-order valence-electron chi connectivity index (χ3n) is 4.32. The molecular weight excluding hydrogens is 336 g/mol. The molecule has 0 saturated heterocycles. The SMILES string of the molecule is CC(C)CC(N)CNc1ccnc(-c2cc(-c3ccccc3)ccc2O)n1. The highest BCUT2D eigenvalue weighted by Crippen LogP contribution is 2.32. The summed E-state index contributed by atoms with van der Waals surface area (Å²) in [6.07, 6.45) is 2.64. The molecule has 0 bridgehead atoms. The molecule has 4 N–H and O–H groups in total. The Labute approximate surface area is 160 Å². The zero-order valence-electron chi connectivity index (χ0n) is 15.8. The number of phenolic OH excluding ortho intramolecular Hbond substituents is 1. The second-order valence-electron chi connectivity index (χ2n) is 7.13. The van der Waals surface area contributed by atoms with E-state index in [-0.39, 0.29) is 11.8 Å². The summed E-state index contributed by atoms with van der Waals surface area (Å²) >= 11 is 0. The second kappa shape index (κ2) is 8.64. The summed E-state index contributed by atoms with van der Waals surface area (Å²) in [5.74, 6) is 1.89. The predicted molar refractivity (Wildman–Crippen MR) is 110 cm³/mol. The lowest BCUT2D eigenvalue weighted by atomic mass is 10.0. The Kier molecular flexibility index (Phi) is 6.04. The van der Waals surface area contributed by atoms with Crippen LogP contribution in [0.1, 0.15) is 20.3 Å². The zero-order chi connectivity index (χ0) is 19.2. The van der Waals surface area contributed by atoms with E-state index in [2.05, 4.69) is 29.1 Å². The highest BCUT2D eigenvalue weighted by Gasteiger charge is 2.11. The summed E-state index contributed by atoms with van der Waals surface area (Å²) in [5, 5.41) is 13.6. The van der Waals surface area contributed by atoms with Crippen LogP contribution in [0.25, 0.3) is 22.5 Å². The Hall–Kier alpha value is -2.92. The second-order valence-corrected chi connectivity index (χ2v) is 7.13. The van der Waals surface area contributed by atoms with E-state index in [9.17, 15) is 5.11 Å². The van der Waals surface area contributed by atoms with Crippen LogP contribution in [0.15, 0.2) is 60.8 Å². The van der Waals surface area contributed by atoms with Gasteiger partial charge in [-0.15, -0.1) is 0 Å². The van der Waals surface area contributed by atoms with Gasteiger partial charge >= 0.3 is 0 Å². The largest absolute Gasteiger partial charge is 0.507 e. The molecule has 1 aromatic heterocycles. The summed E-state index contributed by atoms with van der Waals surface area (Å²) in [6.45, 7) is 4.96. The number of nitrogens with one attached hydrogen (secondary N) is 1. The first kappa shape index (κ1) is 18.9. The van der Waals surface area contributed by atoms with Crippen molar-refractivity contribution in [2.45, 2.75) is 26.3 Å². The lowest BCUT2D eigenvalue weighted by molar-refractivity contribution is 0.477. The van der Waals surface area contributed by atoms with Crippen LogP contribution < -0.4 is 11.1 Å². The van der Waals surface area contributed by atoms with Crippen LogP contribution in [-0.4, -0.2) is 27.7 Å². The molecular formula is C22H26N4O. The fourth-order valence-electron chi connectivity index (χ4n) is 3.04. The first-order valence-corrected chi connectivity index (χ1v) is 9.24. The highest BCUT2D eigenvalue weighted by atomic mass is 16.3. The van der Waals surface area contributed by atoms with E-state index < -0.39 is 0 Å². The molecule has 0 aliphatic carbocycles. The molecule has 0 aliphatic heterocycles. The van der Waals surface area contributed by atoms with Gasteiger partial charge in [0, 0.05) is 18.8 Å². The molecule has 1 atom stereocenters. The number of phenols is 1. The fraction of sp³-hybridized carbons (Fsp3) is 0.273. The van der Waals surface area contributed by atoms with E-state index in [0.29, 0.717) is 29.7 Å². The van der Waals surface area contributed by atoms with Gasteiger partial charge in [-0.1, -0.05) is 50.2 Å². The van der Waals surface area contributed by atoms with Crippen LogP contribution in [0.3, 0.4) is 0 Å². The van der Waals surface area contributed by atoms with Crippen LogP contribution in [0.2, 0.25) is 0 Å². The van der Waals surface area contributed by atoms with Crippen LogP contribution in [0.5, 0.6) is 5.75 Å². The predicted octanol–water partition coefficient (Wildman–Crippen LogP) is 4.30. The molecule has 0 aliphatic rings. The molecule has 1 unspecified atom stereocenters. The minimum absolute atomic E-state index is 0.0678. The number of rotatable bonds is 7. The van der Waals surface area contributed by atoms with Crippen molar-refractivity contribution in [3.05, 3.63) is 60.8 Å². The topological polar surface area (TPSA) is 84.1 Å². The third kappa shape index (κ3) is 5.05. The van der Waals surface area contributed by atoms with E-state index in [1.54, 1.807) is 12.3 Å². The van der Waals surface area contributed by atoms with Gasteiger partial charge in [-0.05, 0) is 41.7 Å². The van der Waals surface area contributed by atoms with Crippen LogP contribution >= 0.6 is 0 Å². The Morgan fingerprint density at radius 1 is 1.04 bits per heavy atom. The van der Waals surface area contributed by atoms with E-state index in [1.165, 1.54) is 0 Å². The number of hydrogen-bond donors (Lipinski definition) is 3. The Balaban J connectivity index is 1.82. The maximum Gasteiger partial charge on any atom is 0.165 e. The molecule has 0 saturated carbocycles. The molecule has 3 aromatic rings. The van der Waals surface area contributed by atoms with Crippen molar-refractivity contribution in [3.8, 4) is 28.3 Å². The van der Waals surface area contributed by atoms with E-state index >= 15 is 0 Å². The Bertz CT molecular complexity index is 880. The van der Waals surface area contributed by atoms with Crippen molar-refractivity contribution in [1.82, 2.24) is 9.97 Å². The number of nitrogens with zero attached hydrogens (tertiary/aromatic N) is 2. The van der Waals surface area contributed by atoms with Crippen LogP contribution in [-0.2, 0) is 0 Å². The molecule has 0 spiro atoms. The molecule has 5 nitrogen and oxygen atoms in total. The molecule has 3 rings (SSSR count). The van der Waals surface area contributed by atoms with Gasteiger partial charge < -0.3 is 16.2 Å². The van der Waals surface area contributed by atoms with Gasteiger partial charge in [-0.25, -0.2) is 9.97 Å². The molecule has 140 valence electrons. The number of hydrogen-bond acceptors (Lipinski definition) is 5. The van der Waals surface area contributed by atoms with Crippen LogP contribution in [0.4, 0.5) is 5.82 Å². The van der Waals surface area contributed by atoms with Crippen molar-refractivity contribution in [3.63, 3.8) is 0 Å². The molecule has 0 fully saturated rings. The quantitative estimate of drug-likeness (QED) is 0.583. The molecule has 0 radical (unpaired) electrons. The number of aromatic hydroxyl groups is 1. The first-order valence-electron chi connectivity index (χ1n) is 9.24.